The zero-order valence-electron chi connectivity index (χ0n) is 8.00. The van der Waals surface area contributed by atoms with Crippen LogP contribution in [0.3, 0.4) is 0 Å². The van der Waals surface area contributed by atoms with Gasteiger partial charge in [-0.2, -0.15) is 0 Å². The number of carbonyl (C=O) groups is 1. The van der Waals surface area contributed by atoms with Crippen molar-refractivity contribution < 1.29 is 19.0 Å². The lowest BCUT2D eigenvalue weighted by atomic mass is 10.1. The zero-order chi connectivity index (χ0) is 10.7. The van der Waals surface area contributed by atoms with Gasteiger partial charge in [0.25, 0.3) is 0 Å². The number of methoxy groups -OCH3 is 1. The summed E-state index contributed by atoms with van der Waals surface area (Å²) >= 11 is 0. The second-order valence-electron chi connectivity index (χ2n) is 2.95. The summed E-state index contributed by atoms with van der Waals surface area (Å²) < 4.78 is 18.3. The van der Waals surface area contributed by atoms with Gasteiger partial charge in [-0.3, -0.25) is 4.79 Å². The molecule has 0 fully saturated rings. The van der Waals surface area contributed by atoms with Gasteiger partial charge in [0.2, 0.25) is 0 Å². The molecule has 0 aliphatic heterocycles. The lowest BCUT2D eigenvalue weighted by Gasteiger charge is -2.09. The highest BCUT2D eigenvalue weighted by molar-refractivity contribution is 5.71. The standard InChI is InChI=1S/C10H11FO3/c1-6-3-4-8(14-2)7(10(6)11)5-9(12)13/h3-4H,5H2,1-2H3,(H,12,13). The van der Waals surface area contributed by atoms with Crippen LogP contribution in [0.15, 0.2) is 12.1 Å². The van der Waals surface area contributed by atoms with E-state index in [-0.39, 0.29) is 17.7 Å². The van der Waals surface area contributed by atoms with Crippen LogP contribution in [-0.4, -0.2) is 18.2 Å². The molecule has 1 aromatic rings. The summed E-state index contributed by atoms with van der Waals surface area (Å²) in [5.74, 6) is -1.31. The summed E-state index contributed by atoms with van der Waals surface area (Å²) in [7, 11) is 1.38. The summed E-state index contributed by atoms with van der Waals surface area (Å²) in [4.78, 5) is 10.5. The Balaban J connectivity index is 3.20. The highest BCUT2D eigenvalue weighted by atomic mass is 19.1. The van der Waals surface area contributed by atoms with E-state index < -0.39 is 11.8 Å². The Labute approximate surface area is 81.1 Å². The van der Waals surface area contributed by atoms with Gasteiger partial charge in [-0.15, -0.1) is 0 Å². The van der Waals surface area contributed by atoms with E-state index in [1.807, 2.05) is 0 Å². The van der Waals surface area contributed by atoms with Gasteiger partial charge in [0.05, 0.1) is 13.5 Å². The number of carboxylic acids is 1. The molecule has 0 aliphatic rings. The molecule has 0 unspecified atom stereocenters. The molecule has 0 radical (unpaired) electrons. The van der Waals surface area contributed by atoms with Gasteiger partial charge >= 0.3 is 5.97 Å². The topological polar surface area (TPSA) is 46.5 Å². The number of ether oxygens (including phenoxy) is 1. The first-order valence-electron chi connectivity index (χ1n) is 4.10. The number of hydrogen-bond donors (Lipinski definition) is 1. The molecule has 0 heterocycles. The largest absolute Gasteiger partial charge is 0.496 e. The lowest BCUT2D eigenvalue weighted by molar-refractivity contribution is -0.136. The molecule has 1 N–H and O–H groups in total. The number of aliphatic carboxylic acids is 1. The van der Waals surface area contributed by atoms with E-state index in [0.29, 0.717) is 5.56 Å². The molecule has 0 amide bonds. The maximum atomic E-state index is 13.5. The fourth-order valence-corrected chi connectivity index (χ4v) is 1.23. The molecular formula is C10H11FO3. The van der Waals surface area contributed by atoms with Crippen molar-refractivity contribution >= 4 is 5.97 Å². The number of rotatable bonds is 3. The Morgan fingerprint density at radius 3 is 2.71 bits per heavy atom. The van der Waals surface area contributed by atoms with Gasteiger partial charge in [-0.25, -0.2) is 4.39 Å². The average molecular weight is 198 g/mol. The number of aryl methyl sites for hydroxylation is 1. The van der Waals surface area contributed by atoms with Gasteiger partial charge < -0.3 is 9.84 Å². The molecule has 0 aliphatic carbocycles. The van der Waals surface area contributed by atoms with E-state index in [0.717, 1.165) is 0 Å². The minimum absolute atomic E-state index is 0.0972. The number of benzene rings is 1. The Bertz CT molecular complexity index is 361. The number of carboxylic acid groups (broad SMARTS) is 1. The molecule has 0 bridgehead atoms. The Hall–Kier alpha value is -1.58. The van der Waals surface area contributed by atoms with Crippen LogP contribution in [-0.2, 0) is 11.2 Å². The van der Waals surface area contributed by atoms with Gasteiger partial charge in [0, 0.05) is 5.56 Å². The average Bonchev–Trinajstić information content (AvgIpc) is 2.13. The molecule has 0 saturated heterocycles. The Morgan fingerprint density at radius 2 is 2.21 bits per heavy atom. The SMILES string of the molecule is COc1ccc(C)c(F)c1CC(=O)O. The van der Waals surface area contributed by atoms with Crippen LogP contribution in [0.5, 0.6) is 5.75 Å². The normalized spacial score (nSPS) is 9.93. The Kier molecular flexibility index (Phi) is 3.06. The third-order valence-electron chi connectivity index (χ3n) is 1.94. The maximum absolute atomic E-state index is 13.5. The van der Waals surface area contributed by atoms with Gasteiger partial charge in [-0.05, 0) is 18.6 Å². The fourth-order valence-electron chi connectivity index (χ4n) is 1.23. The summed E-state index contributed by atoms with van der Waals surface area (Å²) in [6, 6.07) is 3.12. The molecule has 0 atom stereocenters. The molecule has 1 rings (SSSR count). The van der Waals surface area contributed by atoms with Crippen molar-refractivity contribution in [2.75, 3.05) is 7.11 Å². The quantitative estimate of drug-likeness (QED) is 0.805. The summed E-state index contributed by atoms with van der Waals surface area (Å²) in [5, 5.41) is 8.58. The highest BCUT2D eigenvalue weighted by Crippen LogP contribution is 2.24. The predicted molar refractivity (Wildman–Crippen MR) is 49.0 cm³/mol. The van der Waals surface area contributed by atoms with E-state index in [9.17, 15) is 9.18 Å². The molecule has 76 valence electrons. The molecule has 1 aromatic carbocycles. The van der Waals surface area contributed by atoms with Crippen LogP contribution in [0.1, 0.15) is 11.1 Å². The van der Waals surface area contributed by atoms with Crippen molar-refractivity contribution in [1.82, 2.24) is 0 Å². The molecule has 4 heteroatoms. The van der Waals surface area contributed by atoms with Crippen molar-refractivity contribution in [3.05, 3.63) is 29.1 Å². The molecule has 0 saturated carbocycles. The van der Waals surface area contributed by atoms with Crippen LogP contribution in [0.2, 0.25) is 0 Å². The van der Waals surface area contributed by atoms with Crippen LogP contribution >= 0.6 is 0 Å². The first-order valence-corrected chi connectivity index (χ1v) is 4.10. The van der Waals surface area contributed by atoms with Crippen molar-refractivity contribution in [3.8, 4) is 5.75 Å². The molecular weight excluding hydrogens is 187 g/mol. The van der Waals surface area contributed by atoms with Crippen LogP contribution in [0.25, 0.3) is 0 Å². The van der Waals surface area contributed by atoms with Crippen LogP contribution < -0.4 is 4.74 Å². The highest BCUT2D eigenvalue weighted by Gasteiger charge is 2.14. The first kappa shape index (κ1) is 10.5. The van der Waals surface area contributed by atoms with Crippen LogP contribution in [0.4, 0.5) is 4.39 Å². The van der Waals surface area contributed by atoms with Crippen LogP contribution in [0, 0.1) is 12.7 Å². The zero-order valence-corrected chi connectivity index (χ0v) is 8.00. The number of hydrogen-bond acceptors (Lipinski definition) is 2. The van der Waals surface area contributed by atoms with Gasteiger partial charge in [0.1, 0.15) is 11.6 Å². The molecule has 3 nitrogen and oxygen atoms in total. The monoisotopic (exact) mass is 198 g/mol. The minimum atomic E-state index is -1.08. The number of halogens is 1. The van der Waals surface area contributed by atoms with Crippen molar-refractivity contribution in [2.45, 2.75) is 13.3 Å². The van der Waals surface area contributed by atoms with Crippen molar-refractivity contribution in [1.29, 1.82) is 0 Å². The van der Waals surface area contributed by atoms with E-state index in [4.69, 9.17) is 9.84 Å². The summed E-state index contributed by atoms with van der Waals surface area (Å²) in [6.07, 6.45) is -0.364. The smallest absolute Gasteiger partial charge is 0.308 e. The van der Waals surface area contributed by atoms with E-state index >= 15 is 0 Å². The van der Waals surface area contributed by atoms with Gasteiger partial charge in [-0.1, -0.05) is 6.07 Å². The van der Waals surface area contributed by atoms with Crippen molar-refractivity contribution in [3.63, 3.8) is 0 Å². The third kappa shape index (κ3) is 2.02. The van der Waals surface area contributed by atoms with E-state index in [1.165, 1.54) is 7.11 Å². The predicted octanol–water partition coefficient (Wildman–Crippen LogP) is 1.77. The fraction of sp³-hybridized carbons (Fsp3) is 0.300. The molecule has 14 heavy (non-hydrogen) atoms. The first-order chi connectivity index (χ1) is 6.56. The van der Waals surface area contributed by atoms with E-state index in [2.05, 4.69) is 0 Å². The minimum Gasteiger partial charge on any atom is -0.496 e. The third-order valence-corrected chi connectivity index (χ3v) is 1.94. The van der Waals surface area contributed by atoms with Crippen molar-refractivity contribution in [2.24, 2.45) is 0 Å². The second-order valence-corrected chi connectivity index (χ2v) is 2.95. The van der Waals surface area contributed by atoms with E-state index in [1.54, 1.807) is 19.1 Å². The lowest BCUT2D eigenvalue weighted by Crippen LogP contribution is -2.06. The molecule has 0 aromatic heterocycles. The summed E-state index contributed by atoms with van der Waals surface area (Å²) in [5.41, 5.74) is 0.516. The van der Waals surface area contributed by atoms with Gasteiger partial charge in [0.15, 0.2) is 0 Å². The summed E-state index contributed by atoms with van der Waals surface area (Å²) in [6.45, 7) is 1.58. The molecule has 0 spiro atoms. The Morgan fingerprint density at radius 1 is 1.57 bits per heavy atom. The maximum Gasteiger partial charge on any atom is 0.308 e. The second kappa shape index (κ2) is 4.09.